The monoisotopic (exact) mass is 408 g/mol. The number of nitrogens with two attached hydrogens (primary N) is 1. The van der Waals surface area contributed by atoms with Crippen molar-refractivity contribution in [3.05, 3.63) is 46.1 Å². The Balaban J connectivity index is 2.63. The third kappa shape index (κ3) is 4.98. The fourth-order valence-electron chi connectivity index (χ4n) is 3.21. The first kappa shape index (κ1) is 22.1. The molecule has 1 aliphatic heterocycles. The first-order valence-corrected chi connectivity index (χ1v) is 9.38. The summed E-state index contributed by atoms with van der Waals surface area (Å²) in [7, 11) is 1.31. The third-order valence-electron chi connectivity index (χ3n) is 4.40. The normalized spacial score (nSPS) is 19.2. The van der Waals surface area contributed by atoms with Gasteiger partial charge >= 0.3 is 11.9 Å². The van der Waals surface area contributed by atoms with Gasteiger partial charge in [0.25, 0.3) is 0 Å². The Labute approximate surface area is 169 Å². The standard InChI is InChI=1S/C20H25ClN2O5/c1-4-28-20(25)18-15(11-27-10-9-22)23-12(2)16(19(24)26-3)17(18)13-5-7-14(21)8-6-13/h5-8,16-17H,4,9-11,22H2,1-3H3. The summed E-state index contributed by atoms with van der Waals surface area (Å²) < 4.78 is 15.8. The molecule has 0 radical (unpaired) electrons. The minimum Gasteiger partial charge on any atom is -0.468 e. The van der Waals surface area contributed by atoms with E-state index >= 15 is 0 Å². The molecular formula is C20H25ClN2O5. The minimum absolute atomic E-state index is 0.0840. The Kier molecular flexibility index (Phi) is 8.17. The van der Waals surface area contributed by atoms with Gasteiger partial charge in [-0.15, -0.1) is 0 Å². The highest BCUT2D eigenvalue weighted by Crippen LogP contribution is 2.40. The molecule has 2 N–H and O–H groups in total. The number of aliphatic imine (C=N–C) groups is 1. The van der Waals surface area contributed by atoms with Gasteiger partial charge in [0.15, 0.2) is 0 Å². The average Bonchev–Trinajstić information content (AvgIpc) is 2.68. The second-order valence-electron chi connectivity index (χ2n) is 6.21. The van der Waals surface area contributed by atoms with Crippen molar-refractivity contribution in [3.8, 4) is 0 Å². The summed E-state index contributed by atoms with van der Waals surface area (Å²) in [5, 5.41) is 0.549. The van der Waals surface area contributed by atoms with Crippen LogP contribution >= 0.6 is 11.6 Å². The molecule has 0 saturated carbocycles. The number of hydrogen-bond donors (Lipinski definition) is 1. The van der Waals surface area contributed by atoms with Gasteiger partial charge in [-0.25, -0.2) is 4.79 Å². The lowest BCUT2D eigenvalue weighted by Crippen LogP contribution is -2.37. The largest absolute Gasteiger partial charge is 0.468 e. The smallest absolute Gasteiger partial charge is 0.336 e. The van der Waals surface area contributed by atoms with Gasteiger partial charge < -0.3 is 19.9 Å². The predicted octanol–water partition coefficient (Wildman–Crippen LogP) is 2.48. The molecule has 1 aliphatic rings. The fraction of sp³-hybridized carbons (Fsp3) is 0.450. The fourth-order valence-corrected chi connectivity index (χ4v) is 3.33. The van der Waals surface area contributed by atoms with E-state index in [1.54, 1.807) is 38.1 Å². The van der Waals surface area contributed by atoms with Crippen LogP contribution in [0.5, 0.6) is 0 Å². The lowest BCUT2D eigenvalue weighted by atomic mass is 9.75. The predicted molar refractivity (Wildman–Crippen MR) is 106 cm³/mol. The van der Waals surface area contributed by atoms with Crippen molar-refractivity contribution >= 4 is 29.3 Å². The van der Waals surface area contributed by atoms with Gasteiger partial charge in [-0.1, -0.05) is 23.7 Å². The van der Waals surface area contributed by atoms with Crippen molar-refractivity contribution in [2.45, 2.75) is 19.8 Å². The average molecular weight is 409 g/mol. The number of carbonyl (C=O) groups is 2. The molecule has 2 unspecified atom stereocenters. The van der Waals surface area contributed by atoms with E-state index in [1.807, 2.05) is 0 Å². The van der Waals surface area contributed by atoms with Gasteiger partial charge in [-0.2, -0.15) is 0 Å². The van der Waals surface area contributed by atoms with Crippen molar-refractivity contribution < 1.29 is 23.8 Å². The SMILES string of the molecule is CCOC(=O)C1=C(COCCN)N=C(C)C(C(=O)OC)C1c1ccc(Cl)cc1. The van der Waals surface area contributed by atoms with Gasteiger partial charge in [-0.05, 0) is 31.5 Å². The Morgan fingerprint density at radius 2 is 1.93 bits per heavy atom. The highest BCUT2D eigenvalue weighted by atomic mass is 35.5. The van der Waals surface area contributed by atoms with Crippen LogP contribution in [-0.2, 0) is 23.8 Å². The number of nitrogens with zero attached hydrogens (tertiary/aromatic N) is 1. The Bertz CT molecular complexity index is 773. The molecule has 0 spiro atoms. The van der Waals surface area contributed by atoms with E-state index in [0.717, 1.165) is 5.56 Å². The van der Waals surface area contributed by atoms with Gasteiger partial charge in [0.2, 0.25) is 0 Å². The Morgan fingerprint density at radius 3 is 2.50 bits per heavy atom. The summed E-state index contributed by atoms with van der Waals surface area (Å²) >= 11 is 6.02. The lowest BCUT2D eigenvalue weighted by Gasteiger charge is -2.32. The van der Waals surface area contributed by atoms with E-state index in [1.165, 1.54) is 7.11 Å². The molecule has 0 aromatic heterocycles. The molecule has 0 fully saturated rings. The lowest BCUT2D eigenvalue weighted by molar-refractivity contribution is -0.144. The molecule has 28 heavy (non-hydrogen) atoms. The molecule has 8 heteroatoms. The second kappa shape index (κ2) is 10.4. The van der Waals surface area contributed by atoms with E-state index in [4.69, 9.17) is 31.5 Å². The zero-order chi connectivity index (χ0) is 20.7. The van der Waals surface area contributed by atoms with Crippen LogP contribution in [0.1, 0.15) is 25.3 Å². The third-order valence-corrected chi connectivity index (χ3v) is 4.65. The highest BCUT2D eigenvalue weighted by Gasteiger charge is 2.42. The van der Waals surface area contributed by atoms with Crippen LogP contribution in [0.15, 0.2) is 40.5 Å². The molecule has 0 amide bonds. The molecule has 2 rings (SSSR count). The summed E-state index contributed by atoms with van der Waals surface area (Å²) in [6.07, 6.45) is 0. The number of hydrogen-bond acceptors (Lipinski definition) is 7. The zero-order valence-electron chi connectivity index (χ0n) is 16.2. The van der Waals surface area contributed by atoms with E-state index in [2.05, 4.69) is 4.99 Å². The zero-order valence-corrected chi connectivity index (χ0v) is 17.0. The van der Waals surface area contributed by atoms with Crippen molar-refractivity contribution in [2.75, 3.05) is 33.5 Å². The molecule has 7 nitrogen and oxygen atoms in total. The Morgan fingerprint density at radius 1 is 1.25 bits per heavy atom. The van der Waals surface area contributed by atoms with Crippen LogP contribution in [0.3, 0.4) is 0 Å². The van der Waals surface area contributed by atoms with Crippen LogP contribution in [0.2, 0.25) is 5.02 Å². The van der Waals surface area contributed by atoms with Crippen molar-refractivity contribution in [1.29, 1.82) is 0 Å². The van der Waals surface area contributed by atoms with Crippen LogP contribution in [0.25, 0.3) is 0 Å². The number of carbonyl (C=O) groups excluding carboxylic acids is 2. The van der Waals surface area contributed by atoms with E-state index in [-0.39, 0.29) is 18.8 Å². The first-order chi connectivity index (χ1) is 13.4. The summed E-state index contributed by atoms with van der Waals surface area (Å²) in [6.45, 7) is 4.39. The highest BCUT2D eigenvalue weighted by molar-refractivity contribution is 6.30. The van der Waals surface area contributed by atoms with Gasteiger partial charge in [0.05, 0.1) is 38.2 Å². The molecule has 0 aliphatic carbocycles. The maximum atomic E-state index is 12.8. The number of benzene rings is 1. The number of rotatable bonds is 8. The molecule has 152 valence electrons. The van der Waals surface area contributed by atoms with E-state index in [9.17, 15) is 9.59 Å². The summed E-state index contributed by atoms with van der Waals surface area (Å²) in [5.41, 5.74) is 7.45. The maximum Gasteiger partial charge on any atom is 0.336 e. The van der Waals surface area contributed by atoms with Crippen LogP contribution in [0.4, 0.5) is 0 Å². The first-order valence-electron chi connectivity index (χ1n) is 9.01. The topological polar surface area (TPSA) is 100 Å². The van der Waals surface area contributed by atoms with Crippen LogP contribution < -0.4 is 5.73 Å². The second-order valence-corrected chi connectivity index (χ2v) is 6.64. The number of halogens is 1. The molecule has 0 bridgehead atoms. The molecule has 1 aromatic rings. The van der Waals surface area contributed by atoms with Gasteiger partial charge in [0.1, 0.15) is 5.92 Å². The van der Waals surface area contributed by atoms with Crippen LogP contribution in [-0.4, -0.2) is 51.1 Å². The summed E-state index contributed by atoms with van der Waals surface area (Å²) in [5.74, 6) is -2.41. The molecule has 2 atom stereocenters. The maximum absolute atomic E-state index is 12.8. The van der Waals surface area contributed by atoms with E-state index in [0.29, 0.717) is 29.6 Å². The minimum atomic E-state index is -0.760. The van der Waals surface area contributed by atoms with Crippen molar-refractivity contribution in [3.63, 3.8) is 0 Å². The van der Waals surface area contributed by atoms with Crippen molar-refractivity contribution in [2.24, 2.45) is 16.6 Å². The van der Waals surface area contributed by atoms with Crippen molar-refractivity contribution in [1.82, 2.24) is 0 Å². The van der Waals surface area contributed by atoms with Gasteiger partial charge in [0, 0.05) is 23.2 Å². The van der Waals surface area contributed by atoms with Gasteiger partial charge in [-0.3, -0.25) is 9.79 Å². The van der Waals surface area contributed by atoms with E-state index < -0.39 is 23.8 Å². The summed E-state index contributed by atoms with van der Waals surface area (Å²) in [4.78, 5) is 29.9. The Hall–Kier alpha value is -2.22. The number of methoxy groups -OCH3 is 1. The molecule has 0 saturated heterocycles. The quantitative estimate of drug-likeness (QED) is 0.524. The van der Waals surface area contributed by atoms with Crippen LogP contribution in [0, 0.1) is 5.92 Å². The number of ether oxygens (including phenoxy) is 3. The molecule has 1 aromatic carbocycles. The molecule has 1 heterocycles. The number of esters is 2. The molecular weight excluding hydrogens is 384 g/mol. The summed E-state index contributed by atoms with van der Waals surface area (Å²) in [6, 6.07) is 6.97.